The van der Waals surface area contributed by atoms with E-state index in [-0.39, 0.29) is 29.3 Å². The highest BCUT2D eigenvalue weighted by atomic mass is 35.5. The van der Waals surface area contributed by atoms with E-state index in [4.69, 9.17) is 5.73 Å². The lowest BCUT2D eigenvalue weighted by Crippen LogP contribution is -2.31. The molecule has 0 fully saturated rings. The summed E-state index contributed by atoms with van der Waals surface area (Å²) in [4.78, 5) is 12.1. The van der Waals surface area contributed by atoms with Gasteiger partial charge >= 0.3 is 0 Å². The van der Waals surface area contributed by atoms with Crippen molar-refractivity contribution in [1.82, 2.24) is 9.62 Å². The summed E-state index contributed by atoms with van der Waals surface area (Å²) in [5.41, 5.74) is 6.05. The summed E-state index contributed by atoms with van der Waals surface area (Å²) < 4.78 is 26.0. The number of nitrogens with one attached hydrogen (secondary N) is 1. The molecule has 132 valence electrons. The van der Waals surface area contributed by atoms with Gasteiger partial charge in [-0.15, -0.1) is 12.4 Å². The van der Waals surface area contributed by atoms with Crippen molar-refractivity contribution >= 4 is 28.3 Å². The Bertz CT molecular complexity index is 584. The summed E-state index contributed by atoms with van der Waals surface area (Å²) in [6, 6.07) is 6.01. The van der Waals surface area contributed by atoms with Gasteiger partial charge in [-0.05, 0) is 37.6 Å². The van der Waals surface area contributed by atoms with Crippen LogP contribution in [0.25, 0.3) is 0 Å². The average molecular weight is 364 g/mol. The summed E-state index contributed by atoms with van der Waals surface area (Å²) in [5, 5.41) is 2.75. The Hall–Kier alpha value is -1.15. The van der Waals surface area contributed by atoms with Gasteiger partial charge in [0, 0.05) is 31.2 Å². The molecule has 0 bridgehead atoms. The van der Waals surface area contributed by atoms with Crippen LogP contribution in [0.2, 0.25) is 0 Å². The molecule has 1 amide bonds. The second-order valence-electron chi connectivity index (χ2n) is 5.14. The van der Waals surface area contributed by atoms with Crippen LogP contribution >= 0.6 is 12.4 Å². The van der Waals surface area contributed by atoms with E-state index >= 15 is 0 Å². The molecule has 0 spiro atoms. The average Bonchev–Trinajstić information content (AvgIpc) is 2.48. The highest BCUT2D eigenvalue weighted by Crippen LogP contribution is 2.16. The molecule has 23 heavy (non-hydrogen) atoms. The zero-order valence-electron chi connectivity index (χ0n) is 13.8. The third-order valence-corrected chi connectivity index (χ3v) is 5.41. The predicted octanol–water partition coefficient (Wildman–Crippen LogP) is 1.61. The maximum Gasteiger partial charge on any atom is 0.251 e. The molecule has 8 heteroatoms. The van der Waals surface area contributed by atoms with Crippen LogP contribution in [0.3, 0.4) is 0 Å². The fourth-order valence-corrected chi connectivity index (χ4v) is 3.46. The van der Waals surface area contributed by atoms with E-state index in [1.54, 1.807) is 13.8 Å². The van der Waals surface area contributed by atoms with Gasteiger partial charge in [0.05, 0.1) is 4.90 Å². The first kappa shape index (κ1) is 21.9. The molecule has 0 aliphatic carbocycles. The fraction of sp³-hybridized carbons (Fsp3) is 0.533. The number of hydrogen-bond donors (Lipinski definition) is 2. The molecule has 1 atom stereocenters. The van der Waals surface area contributed by atoms with E-state index < -0.39 is 10.0 Å². The van der Waals surface area contributed by atoms with Crippen molar-refractivity contribution < 1.29 is 13.2 Å². The third-order valence-electron chi connectivity index (χ3n) is 3.34. The molecule has 1 aromatic rings. The van der Waals surface area contributed by atoms with Crippen molar-refractivity contribution in [3.8, 4) is 0 Å². The Morgan fingerprint density at radius 1 is 1.22 bits per heavy atom. The second kappa shape index (κ2) is 9.87. The summed E-state index contributed by atoms with van der Waals surface area (Å²) in [7, 11) is -3.49. The van der Waals surface area contributed by atoms with Crippen LogP contribution in [0.4, 0.5) is 0 Å². The topological polar surface area (TPSA) is 92.5 Å². The summed E-state index contributed by atoms with van der Waals surface area (Å²) in [6.07, 6.45) is 0.695. The van der Waals surface area contributed by atoms with Crippen molar-refractivity contribution in [2.24, 2.45) is 5.73 Å². The van der Waals surface area contributed by atoms with Crippen molar-refractivity contribution in [2.45, 2.75) is 38.1 Å². The van der Waals surface area contributed by atoms with E-state index in [2.05, 4.69) is 5.32 Å². The van der Waals surface area contributed by atoms with Gasteiger partial charge in [0.2, 0.25) is 10.0 Å². The molecule has 3 N–H and O–H groups in total. The second-order valence-corrected chi connectivity index (χ2v) is 7.07. The van der Waals surface area contributed by atoms with E-state index in [1.165, 1.54) is 28.6 Å². The zero-order valence-corrected chi connectivity index (χ0v) is 15.4. The zero-order chi connectivity index (χ0) is 16.8. The lowest BCUT2D eigenvalue weighted by Gasteiger charge is -2.18. The third kappa shape index (κ3) is 6.10. The Morgan fingerprint density at radius 3 is 2.17 bits per heavy atom. The molecule has 1 unspecified atom stereocenters. The SMILES string of the molecule is CCN(CC)S(=O)(=O)c1ccc(C(=O)NCCC(C)N)cc1.Cl. The normalized spacial score (nSPS) is 12.6. The van der Waals surface area contributed by atoms with Crippen LogP contribution in [-0.2, 0) is 10.0 Å². The summed E-state index contributed by atoms with van der Waals surface area (Å²) in [6.45, 7) is 6.79. The Morgan fingerprint density at radius 2 is 1.74 bits per heavy atom. The quantitative estimate of drug-likeness (QED) is 0.733. The van der Waals surface area contributed by atoms with Gasteiger partial charge in [-0.2, -0.15) is 4.31 Å². The van der Waals surface area contributed by atoms with Crippen molar-refractivity contribution in [1.29, 1.82) is 0 Å². The number of carbonyl (C=O) groups excluding carboxylic acids is 1. The Balaban J connectivity index is 0.00000484. The first-order chi connectivity index (χ1) is 10.3. The number of carbonyl (C=O) groups is 1. The largest absolute Gasteiger partial charge is 0.352 e. The van der Waals surface area contributed by atoms with Crippen LogP contribution < -0.4 is 11.1 Å². The van der Waals surface area contributed by atoms with E-state index in [9.17, 15) is 13.2 Å². The van der Waals surface area contributed by atoms with Crippen LogP contribution in [0.15, 0.2) is 29.2 Å². The van der Waals surface area contributed by atoms with Gasteiger partial charge in [-0.3, -0.25) is 4.79 Å². The molecular formula is C15H26ClN3O3S. The first-order valence-corrected chi connectivity index (χ1v) is 8.90. The number of halogens is 1. The molecule has 0 aromatic heterocycles. The first-order valence-electron chi connectivity index (χ1n) is 7.46. The molecule has 1 rings (SSSR count). The molecule has 0 saturated heterocycles. The molecule has 6 nitrogen and oxygen atoms in total. The van der Waals surface area contributed by atoms with Crippen LogP contribution in [-0.4, -0.2) is 44.3 Å². The number of nitrogens with zero attached hydrogens (tertiary/aromatic N) is 1. The molecule has 0 saturated carbocycles. The number of sulfonamides is 1. The minimum absolute atomic E-state index is 0. The Kier molecular flexibility index (Phi) is 9.38. The number of benzene rings is 1. The minimum Gasteiger partial charge on any atom is -0.352 e. The van der Waals surface area contributed by atoms with Crippen molar-refractivity contribution in [2.75, 3.05) is 19.6 Å². The van der Waals surface area contributed by atoms with Gasteiger partial charge in [-0.1, -0.05) is 13.8 Å². The minimum atomic E-state index is -3.49. The lowest BCUT2D eigenvalue weighted by atomic mass is 10.2. The van der Waals surface area contributed by atoms with Crippen molar-refractivity contribution in [3.63, 3.8) is 0 Å². The molecule has 1 aromatic carbocycles. The van der Waals surface area contributed by atoms with Crippen LogP contribution in [0.1, 0.15) is 37.6 Å². The standard InChI is InChI=1S/C15H25N3O3S.ClH/c1-4-18(5-2)22(20,21)14-8-6-13(7-9-14)15(19)17-11-10-12(3)16;/h6-9,12H,4-5,10-11,16H2,1-3H3,(H,17,19);1H. The van der Waals surface area contributed by atoms with Gasteiger partial charge in [-0.25, -0.2) is 8.42 Å². The van der Waals surface area contributed by atoms with E-state index in [0.29, 0.717) is 31.6 Å². The van der Waals surface area contributed by atoms with Crippen LogP contribution in [0.5, 0.6) is 0 Å². The molecular weight excluding hydrogens is 338 g/mol. The van der Waals surface area contributed by atoms with Crippen molar-refractivity contribution in [3.05, 3.63) is 29.8 Å². The fourth-order valence-electron chi connectivity index (χ4n) is 2.01. The number of hydrogen-bond acceptors (Lipinski definition) is 4. The monoisotopic (exact) mass is 363 g/mol. The van der Waals surface area contributed by atoms with Gasteiger partial charge in [0.25, 0.3) is 5.91 Å². The van der Waals surface area contributed by atoms with Crippen LogP contribution in [0, 0.1) is 0 Å². The number of nitrogens with two attached hydrogens (primary N) is 1. The lowest BCUT2D eigenvalue weighted by molar-refractivity contribution is 0.0952. The molecule has 0 aliphatic rings. The van der Waals surface area contributed by atoms with Gasteiger partial charge < -0.3 is 11.1 Å². The summed E-state index contributed by atoms with van der Waals surface area (Å²) in [5.74, 6) is -0.229. The summed E-state index contributed by atoms with van der Waals surface area (Å²) >= 11 is 0. The number of amides is 1. The Labute approximate surface area is 144 Å². The highest BCUT2D eigenvalue weighted by Gasteiger charge is 2.21. The molecule has 0 heterocycles. The van der Waals surface area contributed by atoms with Gasteiger partial charge in [0.1, 0.15) is 0 Å². The maximum atomic E-state index is 12.3. The van der Waals surface area contributed by atoms with Gasteiger partial charge in [0.15, 0.2) is 0 Å². The number of rotatable bonds is 8. The van der Waals surface area contributed by atoms with E-state index in [1.807, 2.05) is 6.92 Å². The molecule has 0 aliphatic heterocycles. The van der Waals surface area contributed by atoms with E-state index in [0.717, 1.165) is 0 Å². The molecule has 0 radical (unpaired) electrons. The highest BCUT2D eigenvalue weighted by molar-refractivity contribution is 7.89. The maximum absolute atomic E-state index is 12.3. The smallest absolute Gasteiger partial charge is 0.251 e. The predicted molar refractivity (Wildman–Crippen MR) is 94.4 cm³/mol.